The first-order valence-corrected chi connectivity index (χ1v) is 8.90. The fourth-order valence-corrected chi connectivity index (χ4v) is 3.13. The van der Waals surface area contributed by atoms with Gasteiger partial charge in [-0.2, -0.15) is 0 Å². The number of nitrogens with one attached hydrogen (secondary N) is 2. The van der Waals surface area contributed by atoms with Gasteiger partial charge in [-0.05, 0) is 49.9 Å². The van der Waals surface area contributed by atoms with Crippen molar-refractivity contribution in [2.24, 2.45) is 10.9 Å². The number of likely N-dealkylation sites (tertiary alicyclic amines) is 1. The molecular formula is C19H33IN4. The molecule has 1 aromatic rings. The van der Waals surface area contributed by atoms with E-state index in [-0.39, 0.29) is 24.0 Å². The molecule has 0 aliphatic carbocycles. The van der Waals surface area contributed by atoms with Crippen LogP contribution in [0, 0.1) is 12.8 Å². The minimum absolute atomic E-state index is 0. The van der Waals surface area contributed by atoms with Crippen molar-refractivity contribution in [3.05, 3.63) is 35.4 Å². The molecule has 0 radical (unpaired) electrons. The van der Waals surface area contributed by atoms with Crippen LogP contribution in [-0.4, -0.2) is 44.1 Å². The van der Waals surface area contributed by atoms with Gasteiger partial charge in [-0.15, -0.1) is 24.0 Å². The van der Waals surface area contributed by atoms with E-state index in [2.05, 4.69) is 58.6 Å². The highest BCUT2D eigenvalue weighted by Gasteiger charge is 2.13. The predicted molar refractivity (Wildman–Crippen MR) is 114 cm³/mol. The highest BCUT2D eigenvalue weighted by atomic mass is 127. The molecule has 136 valence electrons. The number of halogens is 1. The van der Waals surface area contributed by atoms with Crippen molar-refractivity contribution < 1.29 is 0 Å². The number of rotatable bonds is 6. The van der Waals surface area contributed by atoms with Gasteiger partial charge in [0, 0.05) is 26.7 Å². The minimum atomic E-state index is 0. The van der Waals surface area contributed by atoms with Gasteiger partial charge in [0.2, 0.25) is 0 Å². The summed E-state index contributed by atoms with van der Waals surface area (Å²) in [6, 6.07) is 8.47. The molecule has 1 heterocycles. The van der Waals surface area contributed by atoms with Gasteiger partial charge in [-0.25, -0.2) is 0 Å². The Morgan fingerprint density at radius 2 is 1.88 bits per heavy atom. The van der Waals surface area contributed by atoms with Gasteiger partial charge < -0.3 is 15.5 Å². The first-order chi connectivity index (χ1) is 11.2. The van der Waals surface area contributed by atoms with Crippen LogP contribution in [-0.2, 0) is 6.54 Å². The lowest BCUT2D eigenvalue weighted by Gasteiger charge is -2.29. The Labute approximate surface area is 164 Å². The largest absolute Gasteiger partial charge is 0.356 e. The summed E-state index contributed by atoms with van der Waals surface area (Å²) in [6.45, 7) is 9.96. The van der Waals surface area contributed by atoms with Crippen molar-refractivity contribution in [3.63, 3.8) is 0 Å². The summed E-state index contributed by atoms with van der Waals surface area (Å²) >= 11 is 0. The van der Waals surface area contributed by atoms with Crippen LogP contribution in [0.3, 0.4) is 0 Å². The molecule has 0 spiro atoms. The molecule has 5 heteroatoms. The maximum Gasteiger partial charge on any atom is 0.191 e. The molecule has 1 aliphatic heterocycles. The van der Waals surface area contributed by atoms with Crippen LogP contribution in [0.25, 0.3) is 0 Å². The van der Waals surface area contributed by atoms with Gasteiger partial charge in [0.05, 0.1) is 0 Å². The summed E-state index contributed by atoms with van der Waals surface area (Å²) in [4.78, 5) is 6.93. The molecule has 1 aliphatic rings. The van der Waals surface area contributed by atoms with Crippen molar-refractivity contribution in [1.82, 2.24) is 15.5 Å². The average molecular weight is 444 g/mol. The third kappa shape index (κ3) is 7.38. The SMILES string of the molecule is CN=C(NCc1ccccc1C)NCC(C)CN1CCCCC1.I. The molecular weight excluding hydrogens is 411 g/mol. The number of hydrogen-bond acceptors (Lipinski definition) is 2. The molecule has 1 unspecified atom stereocenters. The van der Waals surface area contributed by atoms with Gasteiger partial charge in [0.15, 0.2) is 5.96 Å². The van der Waals surface area contributed by atoms with Crippen LogP contribution < -0.4 is 10.6 Å². The number of benzene rings is 1. The van der Waals surface area contributed by atoms with Crippen molar-refractivity contribution in [2.45, 2.75) is 39.7 Å². The summed E-state index contributed by atoms with van der Waals surface area (Å²) in [7, 11) is 1.84. The number of aryl methyl sites for hydroxylation is 1. The fraction of sp³-hybridized carbons (Fsp3) is 0.632. The lowest BCUT2D eigenvalue weighted by Crippen LogP contribution is -2.42. The lowest BCUT2D eigenvalue weighted by atomic mass is 10.1. The van der Waals surface area contributed by atoms with Crippen LogP contribution in [0.5, 0.6) is 0 Å². The molecule has 1 fully saturated rings. The molecule has 1 saturated heterocycles. The second kappa shape index (κ2) is 11.7. The smallest absolute Gasteiger partial charge is 0.191 e. The third-order valence-corrected chi connectivity index (χ3v) is 4.57. The van der Waals surface area contributed by atoms with Crippen LogP contribution >= 0.6 is 24.0 Å². The first kappa shape index (κ1) is 21.2. The summed E-state index contributed by atoms with van der Waals surface area (Å²) in [5.74, 6) is 1.52. The second-order valence-corrected chi connectivity index (χ2v) is 6.70. The van der Waals surface area contributed by atoms with Crippen molar-refractivity contribution >= 4 is 29.9 Å². The number of nitrogens with zero attached hydrogens (tertiary/aromatic N) is 2. The van der Waals surface area contributed by atoms with Gasteiger partial charge >= 0.3 is 0 Å². The van der Waals surface area contributed by atoms with E-state index in [0.29, 0.717) is 5.92 Å². The normalized spacial score (nSPS) is 17.0. The highest BCUT2D eigenvalue weighted by Crippen LogP contribution is 2.10. The lowest BCUT2D eigenvalue weighted by molar-refractivity contribution is 0.201. The molecule has 0 amide bonds. The van der Waals surface area contributed by atoms with Crippen molar-refractivity contribution in [3.8, 4) is 0 Å². The molecule has 0 saturated carbocycles. The standard InChI is InChI=1S/C19H32N4.HI/c1-16(15-23-11-7-4-8-12-23)13-21-19(20-3)22-14-18-10-6-5-9-17(18)2;/h5-6,9-10,16H,4,7-8,11-15H2,1-3H3,(H2,20,21,22);1H. The second-order valence-electron chi connectivity index (χ2n) is 6.70. The van der Waals surface area contributed by atoms with Crippen LogP contribution in [0.1, 0.15) is 37.3 Å². The van der Waals surface area contributed by atoms with E-state index in [1.807, 2.05) is 7.05 Å². The zero-order valence-electron chi connectivity index (χ0n) is 15.3. The maximum atomic E-state index is 4.33. The number of piperidine rings is 1. The molecule has 4 nitrogen and oxygen atoms in total. The van der Waals surface area contributed by atoms with E-state index in [0.717, 1.165) is 19.0 Å². The summed E-state index contributed by atoms with van der Waals surface area (Å²) in [6.07, 6.45) is 4.12. The van der Waals surface area contributed by atoms with Gasteiger partial charge in [-0.1, -0.05) is 37.6 Å². The Morgan fingerprint density at radius 1 is 1.17 bits per heavy atom. The van der Waals surface area contributed by atoms with Gasteiger partial charge in [-0.3, -0.25) is 4.99 Å². The Hall–Kier alpha value is -0.820. The van der Waals surface area contributed by atoms with E-state index < -0.39 is 0 Å². The third-order valence-electron chi connectivity index (χ3n) is 4.57. The average Bonchev–Trinajstić information content (AvgIpc) is 2.57. The molecule has 2 rings (SSSR count). The molecule has 0 bridgehead atoms. The Bertz CT molecular complexity index is 498. The van der Waals surface area contributed by atoms with E-state index in [9.17, 15) is 0 Å². The van der Waals surface area contributed by atoms with Crippen LogP contribution in [0.2, 0.25) is 0 Å². The molecule has 1 atom stereocenters. The molecule has 0 aromatic heterocycles. The van der Waals surface area contributed by atoms with Crippen molar-refractivity contribution in [1.29, 1.82) is 0 Å². The quantitative estimate of drug-likeness (QED) is 0.402. The predicted octanol–water partition coefficient (Wildman–Crippen LogP) is 3.40. The Balaban J connectivity index is 0.00000288. The van der Waals surface area contributed by atoms with E-state index >= 15 is 0 Å². The molecule has 2 N–H and O–H groups in total. The monoisotopic (exact) mass is 444 g/mol. The van der Waals surface area contributed by atoms with E-state index in [1.165, 1.54) is 50.0 Å². The van der Waals surface area contributed by atoms with E-state index in [4.69, 9.17) is 0 Å². The van der Waals surface area contributed by atoms with E-state index in [1.54, 1.807) is 0 Å². The Kier molecular flexibility index (Phi) is 10.3. The van der Waals surface area contributed by atoms with Crippen LogP contribution in [0.4, 0.5) is 0 Å². The van der Waals surface area contributed by atoms with Crippen molar-refractivity contribution in [2.75, 3.05) is 33.2 Å². The molecule has 24 heavy (non-hydrogen) atoms. The number of aliphatic imine (C=N–C) groups is 1. The fourth-order valence-electron chi connectivity index (χ4n) is 3.13. The summed E-state index contributed by atoms with van der Waals surface area (Å²) in [5.41, 5.74) is 2.63. The number of guanidine groups is 1. The topological polar surface area (TPSA) is 39.7 Å². The highest BCUT2D eigenvalue weighted by molar-refractivity contribution is 14.0. The zero-order chi connectivity index (χ0) is 16.5. The maximum absolute atomic E-state index is 4.33. The first-order valence-electron chi connectivity index (χ1n) is 8.90. The van der Waals surface area contributed by atoms with Gasteiger partial charge in [0.25, 0.3) is 0 Å². The van der Waals surface area contributed by atoms with Gasteiger partial charge in [0.1, 0.15) is 0 Å². The Morgan fingerprint density at radius 3 is 2.54 bits per heavy atom. The number of hydrogen-bond donors (Lipinski definition) is 2. The minimum Gasteiger partial charge on any atom is -0.356 e. The zero-order valence-corrected chi connectivity index (χ0v) is 17.7. The summed E-state index contributed by atoms with van der Waals surface area (Å²) < 4.78 is 0. The molecule has 1 aromatic carbocycles. The summed E-state index contributed by atoms with van der Waals surface area (Å²) in [5, 5.41) is 6.87. The van der Waals surface area contributed by atoms with Crippen LogP contribution in [0.15, 0.2) is 29.3 Å².